The fourth-order valence-electron chi connectivity index (χ4n) is 2.97. The van der Waals surface area contributed by atoms with E-state index in [1.165, 1.54) is 18.2 Å². The molecule has 1 fully saturated rings. The molecule has 1 aromatic rings. The molecule has 0 aliphatic carbocycles. The van der Waals surface area contributed by atoms with Gasteiger partial charge in [-0.05, 0) is 24.6 Å². The molecule has 0 spiro atoms. The Bertz CT molecular complexity index is 800. The lowest BCUT2D eigenvalue weighted by molar-refractivity contribution is -0.174. The van der Waals surface area contributed by atoms with Gasteiger partial charge in [0.2, 0.25) is 15.9 Å². The van der Waals surface area contributed by atoms with E-state index >= 15 is 0 Å². The maximum Gasteiger partial charge on any atom is 0.411 e. The predicted molar refractivity (Wildman–Crippen MR) is 106 cm³/mol. The molecule has 1 amide bonds. The summed E-state index contributed by atoms with van der Waals surface area (Å²) in [6, 6.07) is 5.85. The topological polar surface area (TPSA) is 79.0 Å². The van der Waals surface area contributed by atoms with Crippen molar-refractivity contribution in [2.45, 2.75) is 23.9 Å². The minimum atomic E-state index is -4.31. The summed E-state index contributed by atoms with van der Waals surface area (Å²) in [5, 5.41) is 0.304. The Balaban J connectivity index is 1.63. The molecule has 2 rings (SSSR count). The molecule has 0 radical (unpaired) electrons. The molecular formula is C18H25ClF3N3O4S. The highest BCUT2D eigenvalue weighted by Gasteiger charge is 2.27. The molecule has 0 unspecified atom stereocenters. The molecule has 1 N–H and O–H groups in total. The number of benzene rings is 1. The number of nitrogens with one attached hydrogen (secondary N) is 1. The maximum atomic E-state index is 12.3. The van der Waals surface area contributed by atoms with Gasteiger partial charge in [-0.1, -0.05) is 17.7 Å². The summed E-state index contributed by atoms with van der Waals surface area (Å²) in [6.07, 6.45) is -3.80. The van der Waals surface area contributed by atoms with E-state index in [1.54, 1.807) is 11.0 Å². The van der Waals surface area contributed by atoms with Crippen LogP contribution in [0.25, 0.3) is 0 Å². The zero-order valence-electron chi connectivity index (χ0n) is 16.3. The van der Waals surface area contributed by atoms with Crippen molar-refractivity contribution in [3.05, 3.63) is 29.3 Å². The Morgan fingerprint density at radius 1 is 1.20 bits per heavy atom. The largest absolute Gasteiger partial charge is 0.411 e. The van der Waals surface area contributed by atoms with Crippen LogP contribution in [0.1, 0.15) is 12.8 Å². The van der Waals surface area contributed by atoms with E-state index < -0.39 is 22.8 Å². The SMILES string of the molecule is O=C(CCNS(=O)(=O)c1cccc(Cl)c1)N1CCN(CCCOCC(F)(F)F)CC1. The molecule has 7 nitrogen and oxygen atoms in total. The minimum absolute atomic E-state index is 0.0234. The number of carbonyl (C=O) groups is 1. The third-order valence-electron chi connectivity index (χ3n) is 4.49. The Labute approximate surface area is 179 Å². The van der Waals surface area contributed by atoms with Crippen molar-refractivity contribution < 1.29 is 31.1 Å². The molecule has 0 aromatic heterocycles. The number of alkyl halides is 3. The van der Waals surface area contributed by atoms with Crippen LogP contribution in [0.2, 0.25) is 5.02 Å². The van der Waals surface area contributed by atoms with E-state index in [0.29, 0.717) is 44.2 Å². The zero-order valence-corrected chi connectivity index (χ0v) is 17.9. The number of ether oxygens (including phenoxy) is 1. The van der Waals surface area contributed by atoms with E-state index in [1.807, 2.05) is 0 Å². The summed E-state index contributed by atoms with van der Waals surface area (Å²) in [6.45, 7) is 1.57. The van der Waals surface area contributed by atoms with Crippen LogP contribution in [0.3, 0.4) is 0 Å². The molecule has 30 heavy (non-hydrogen) atoms. The molecule has 1 saturated heterocycles. The third-order valence-corrected chi connectivity index (χ3v) is 6.18. The second kappa shape index (κ2) is 11.3. The highest BCUT2D eigenvalue weighted by atomic mass is 35.5. The van der Waals surface area contributed by atoms with Crippen LogP contribution < -0.4 is 4.72 Å². The smallest absolute Gasteiger partial charge is 0.372 e. The molecule has 170 valence electrons. The number of nitrogens with zero attached hydrogens (tertiary/aromatic N) is 2. The van der Waals surface area contributed by atoms with Crippen molar-refractivity contribution in [2.24, 2.45) is 0 Å². The minimum Gasteiger partial charge on any atom is -0.372 e. The van der Waals surface area contributed by atoms with Crippen LogP contribution in [-0.4, -0.2) is 82.8 Å². The lowest BCUT2D eigenvalue weighted by Gasteiger charge is -2.34. The Morgan fingerprint density at radius 2 is 1.90 bits per heavy atom. The number of sulfonamides is 1. The van der Waals surface area contributed by atoms with Gasteiger partial charge in [-0.2, -0.15) is 13.2 Å². The first-order valence-electron chi connectivity index (χ1n) is 9.47. The van der Waals surface area contributed by atoms with Gasteiger partial charge in [0.25, 0.3) is 0 Å². The molecule has 1 heterocycles. The van der Waals surface area contributed by atoms with Crippen molar-refractivity contribution >= 4 is 27.5 Å². The van der Waals surface area contributed by atoms with Crippen molar-refractivity contribution in [1.29, 1.82) is 0 Å². The second-order valence-electron chi connectivity index (χ2n) is 6.85. The summed E-state index contributed by atoms with van der Waals surface area (Å²) in [5.74, 6) is -0.156. The molecule has 0 atom stereocenters. The second-order valence-corrected chi connectivity index (χ2v) is 9.05. The fourth-order valence-corrected chi connectivity index (χ4v) is 4.30. The standard InChI is InChI=1S/C18H25ClF3N3O4S/c19-15-3-1-4-16(13-15)30(27,28)23-6-5-17(26)25-10-8-24(9-11-25)7-2-12-29-14-18(20,21)22/h1,3-4,13,23H,2,5-12,14H2. The highest BCUT2D eigenvalue weighted by molar-refractivity contribution is 7.89. The number of carbonyl (C=O) groups excluding carboxylic acids is 1. The van der Waals surface area contributed by atoms with E-state index in [2.05, 4.69) is 14.4 Å². The van der Waals surface area contributed by atoms with Gasteiger partial charge < -0.3 is 9.64 Å². The summed E-state index contributed by atoms with van der Waals surface area (Å²) in [7, 11) is -3.74. The van der Waals surface area contributed by atoms with Crippen molar-refractivity contribution in [3.8, 4) is 0 Å². The van der Waals surface area contributed by atoms with Gasteiger partial charge in [0.05, 0.1) is 4.90 Å². The quantitative estimate of drug-likeness (QED) is 0.529. The molecule has 0 saturated carbocycles. The first-order valence-corrected chi connectivity index (χ1v) is 11.3. The van der Waals surface area contributed by atoms with Crippen molar-refractivity contribution in [2.75, 3.05) is 52.5 Å². The van der Waals surface area contributed by atoms with Crippen LogP contribution in [0.4, 0.5) is 13.2 Å². The van der Waals surface area contributed by atoms with Crippen molar-refractivity contribution in [1.82, 2.24) is 14.5 Å². The predicted octanol–water partition coefficient (Wildman–Crippen LogP) is 2.12. The Hall–Kier alpha value is -1.40. The number of amides is 1. The number of piperazine rings is 1. The molecule has 1 aromatic carbocycles. The summed E-state index contributed by atoms with van der Waals surface area (Å²) >= 11 is 5.81. The normalized spacial score (nSPS) is 16.1. The fraction of sp³-hybridized carbons (Fsp3) is 0.611. The number of halogens is 4. The maximum absolute atomic E-state index is 12.3. The van der Waals surface area contributed by atoms with Gasteiger partial charge in [0, 0.05) is 57.3 Å². The Kier molecular flexibility index (Phi) is 9.35. The van der Waals surface area contributed by atoms with E-state index in [4.69, 9.17) is 11.6 Å². The van der Waals surface area contributed by atoms with E-state index in [-0.39, 0.29) is 30.4 Å². The number of hydrogen-bond acceptors (Lipinski definition) is 5. The average molecular weight is 472 g/mol. The first-order chi connectivity index (χ1) is 14.1. The summed E-state index contributed by atoms with van der Waals surface area (Å²) < 4.78 is 67.4. The van der Waals surface area contributed by atoms with Gasteiger partial charge in [-0.25, -0.2) is 13.1 Å². The molecule has 0 bridgehead atoms. The van der Waals surface area contributed by atoms with Crippen LogP contribution in [0.5, 0.6) is 0 Å². The number of rotatable bonds is 10. The molecular weight excluding hydrogens is 447 g/mol. The number of hydrogen-bond donors (Lipinski definition) is 1. The van der Waals surface area contributed by atoms with E-state index in [9.17, 15) is 26.4 Å². The van der Waals surface area contributed by atoms with Gasteiger partial charge in [-0.15, -0.1) is 0 Å². The van der Waals surface area contributed by atoms with Crippen LogP contribution >= 0.6 is 11.6 Å². The molecule has 1 aliphatic heterocycles. The van der Waals surface area contributed by atoms with E-state index in [0.717, 1.165) is 0 Å². The van der Waals surface area contributed by atoms with Gasteiger partial charge >= 0.3 is 6.18 Å². The lowest BCUT2D eigenvalue weighted by Crippen LogP contribution is -2.49. The van der Waals surface area contributed by atoms with Crippen LogP contribution in [-0.2, 0) is 19.6 Å². The van der Waals surface area contributed by atoms with Crippen LogP contribution in [0, 0.1) is 0 Å². The Morgan fingerprint density at radius 3 is 2.53 bits per heavy atom. The van der Waals surface area contributed by atoms with Crippen molar-refractivity contribution in [3.63, 3.8) is 0 Å². The zero-order chi connectivity index (χ0) is 22.2. The lowest BCUT2D eigenvalue weighted by atomic mass is 10.2. The average Bonchev–Trinajstić information content (AvgIpc) is 2.67. The summed E-state index contributed by atoms with van der Waals surface area (Å²) in [5.41, 5.74) is 0. The van der Waals surface area contributed by atoms with Gasteiger partial charge in [-0.3, -0.25) is 9.69 Å². The third kappa shape index (κ3) is 8.76. The molecule has 1 aliphatic rings. The summed E-state index contributed by atoms with van der Waals surface area (Å²) in [4.78, 5) is 16.1. The van der Waals surface area contributed by atoms with Crippen LogP contribution in [0.15, 0.2) is 29.2 Å². The monoisotopic (exact) mass is 471 g/mol. The first kappa shape index (κ1) is 24.9. The van der Waals surface area contributed by atoms with Gasteiger partial charge in [0.1, 0.15) is 6.61 Å². The van der Waals surface area contributed by atoms with Gasteiger partial charge in [0.15, 0.2) is 0 Å². The molecule has 12 heteroatoms. The highest BCUT2D eigenvalue weighted by Crippen LogP contribution is 2.16.